The molecular weight excluding hydrogens is 262 g/mol. The molecule has 0 saturated carbocycles. The lowest BCUT2D eigenvalue weighted by Crippen LogP contribution is -1.89. The summed E-state index contributed by atoms with van der Waals surface area (Å²) in [6.07, 6.45) is 0.615. The van der Waals surface area contributed by atoms with E-state index in [2.05, 4.69) is 0 Å². The lowest BCUT2D eigenvalue weighted by atomic mass is 10.2. The van der Waals surface area contributed by atoms with E-state index in [4.69, 9.17) is 16.3 Å². The van der Waals surface area contributed by atoms with Gasteiger partial charge in [0.05, 0.1) is 5.02 Å². The predicted octanol–water partition coefficient (Wildman–Crippen LogP) is 4.22. The molecular formula is C13H7ClF2O2. The van der Waals surface area contributed by atoms with Crippen molar-refractivity contribution < 1.29 is 18.3 Å². The van der Waals surface area contributed by atoms with Crippen LogP contribution in [0.1, 0.15) is 10.4 Å². The number of carbonyl (C=O) groups excluding carboxylic acids is 1. The largest absolute Gasteiger partial charge is 0.457 e. The highest BCUT2D eigenvalue weighted by molar-refractivity contribution is 6.33. The van der Waals surface area contributed by atoms with Crippen molar-refractivity contribution in [3.05, 3.63) is 58.6 Å². The van der Waals surface area contributed by atoms with E-state index in [1.807, 2.05) is 0 Å². The van der Waals surface area contributed by atoms with E-state index in [-0.39, 0.29) is 10.8 Å². The van der Waals surface area contributed by atoms with Crippen molar-refractivity contribution in [1.82, 2.24) is 0 Å². The number of hydrogen-bond acceptors (Lipinski definition) is 2. The molecule has 0 atom stereocenters. The van der Waals surface area contributed by atoms with Crippen LogP contribution in [0.5, 0.6) is 11.5 Å². The zero-order chi connectivity index (χ0) is 13.1. The smallest absolute Gasteiger partial charge is 0.162 e. The van der Waals surface area contributed by atoms with Gasteiger partial charge in [-0.3, -0.25) is 4.79 Å². The van der Waals surface area contributed by atoms with E-state index in [1.165, 1.54) is 24.3 Å². The summed E-state index contributed by atoms with van der Waals surface area (Å²) in [6.45, 7) is 0. The number of carbonyl (C=O) groups is 1. The van der Waals surface area contributed by atoms with Gasteiger partial charge in [-0.1, -0.05) is 11.6 Å². The quantitative estimate of drug-likeness (QED) is 0.779. The minimum Gasteiger partial charge on any atom is -0.457 e. The first-order valence-electron chi connectivity index (χ1n) is 4.98. The maximum absolute atomic E-state index is 13.0. The van der Waals surface area contributed by atoms with Crippen molar-refractivity contribution in [3.63, 3.8) is 0 Å². The molecule has 0 aliphatic carbocycles. The molecule has 0 amide bonds. The molecule has 0 spiro atoms. The molecule has 2 aromatic rings. The Morgan fingerprint density at radius 3 is 2.28 bits per heavy atom. The van der Waals surface area contributed by atoms with Crippen molar-refractivity contribution in [2.75, 3.05) is 0 Å². The molecule has 0 aromatic heterocycles. The molecule has 2 nitrogen and oxygen atoms in total. The van der Waals surface area contributed by atoms with Crippen LogP contribution in [0, 0.1) is 11.6 Å². The van der Waals surface area contributed by atoms with Crippen LogP contribution in [0.15, 0.2) is 36.4 Å². The molecule has 0 fully saturated rings. The Labute approximate surface area is 107 Å². The van der Waals surface area contributed by atoms with Crippen LogP contribution in [-0.4, -0.2) is 6.29 Å². The first-order valence-corrected chi connectivity index (χ1v) is 5.35. The second-order valence-corrected chi connectivity index (χ2v) is 3.89. The normalized spacial score (nSPS) is 10.2. The minimum atomic E-state index is -0.997. The lowest BCUT2D eigenvalue weighted by Gasteiger charge is -2.07. The van der Waals surface area contributed by atoms with Gasteiger partial charge in [0, 0.05) is 17.7 Å². The number of ether oxygens (including phenoxy) is 1. The third-order valence-corrected chi connectivity index (χ3v) is 2.55. The Balaban J connectivity index is 2.25. The highest BCUT2D eigenvalue weighted by atomic mass is 35.5. The molecule has 2 aromatic carbocycles. The van der Waals surface area contributed by atoms with Gasteiger partial charge >= 0.3 is 0 Å². The molecule has 0 unspecified atom stereocenters. The maximum Gasteiger partial charge on any atom is 0.162 e. The molecule has 2 rings (SSSR count). The van der Waals surface area contributed by atoms with Crippen molar-refractivity contribution in [2.24, 2.45) is 0 Å². The Morgan fingerprint density at radius 1 is 1.00 bits per heavy atom. The molecule has 0 N–H and O–H groups in total. The fourth-order valence-electron chi connectivity index (χ4n) is 1.34. The first-order chi connectivity index (χ1) is 8.60. The van der Waals surface area contributed by atoms with Crippen LogP contribution in [0.3, 0.4) is 0 Å². The second-order valence-electron chi connectivity index (χ2n) is 3.48. The average molecular weight is 269 g/mol. The van der Waals surface area contributed by atoms with Crippen LogP contribution >= 0.6 is 11.6 Å². The van der Waals surface area contributed by atoms with Gasteiger partial charge in [-0.25, -0.2) is 8.78 Å². The van der Waals surface area contributed by atoms with Crippen molar-refractivity contribution in [3.8, 4) is 11.5 Å². The summed E-state index contributed by atoms with van der Waals surface area (Å²) in [7, 11) is 0. The Kier molecular flexibility index (Phi) is 3.58. The molecule has 0 aliphatic heterocycles. The monoisotopic (exact) mass is 268 g/mol. The number of rotatable bonds is 3. The summed E-state index contributed by atoms with van der Waals surface area (Å²) in [5.74, 6) is -1.47. The van der Waals surface area contributed by atoms with Crippen molar-refractivity contribution >= 4 is 17.9 Å². The summed E-state index contributed by atoms with van der Waals surface area (Å²) < 4.78 is 30.9. The summed E-state index contributed by atoms with van der Waals surface area (Å²) in [5, 5.41) is 0.227. The standard InChI is InChI=1S/C13H7ClF2O2/c14-11-5-9(2-1-8(11)7-17)18-10-3-4-12(15)13(16)6-10/h1-7H. The molecule has 18 heavy (non-hydrogen) atoms. The summed E-state index contributed by atoms with van der Waals surface area (Å²) in [4.78, 5) is 10.6. The minimum absolute atomic E-state index is 0.142. The molecule has 5 heteroatoms. The van der Waals surface area contributed by atoms with Crippen LogP contribution < -0.4 is 4.74 Å². The van der Waals surface area contributed by atoms with E-state index in [0.29, 0.717) is 17.6 Å². The van der Waals surface area contributed by atoms with Crippen LogP contribution in [0.2, 0.25) is 5.02 Å². The Morgan fingerprint density at radius 2 is 1.67 bits per heavy atom. The third-order valence-electron chi connectivity index (χ3n) is 2.23. The molecule has 0 bridgehead atoms. The van der Waals surface area contributed by atoms with Gasteiger partial charge in [0.15, 0.2) is 17.9 Å². The van der Waals surface area contributed by atoms with Crippen LogP contribution in [0.25, 0.3) is 0 Å². The fourth-order valence-corrected chi connectivity index (χ4v) is 1.56. The highest BCUT2D eigenvalue weighted by Crippen LogP contribution is 2.27. The first kappa shape index (κ1) is 12.5. The predicted molar refractivity (Wildman–Crippen MR) is 63.3 cm³/mol. The number of benzene rings is 2. The summed E-state index contributed by atoms with van der Waals surface area (Å²) >= 11 is 5.81. The fraction of sp³-hybridized carbons (Fsp3) is 0. The third kappa shape index (κ3) is 2.65. The molecule has 0 aliphatic rings. The zero-order valence-electron chi connectivity index (χ0n) is 8.99. The molecule has 92 valence electrons. The average Bonchev–Trinajstić information content (AvgIpc) is 2.34. The number of halogens is 3. The molecule has 0 radical (unpaired) electrons. The van der Waals surface area contributed by atoms with Gasteiger partial charge in [-0.15, -0.1) is 0 Å². The van der Waals surface area contributed by atoms with Gasteiger partial charge < -0.3 is 4.74 Å². The summed E-state index contributed by atoms with van der Waals surface area (Å²) in [6, 6.07) is 7.59. The van der Waals surface area contributed by atoms with E-state index >= 15 is 0 Å². The maximum atomic E-state index is 13.0. The second kappa shape index (κ2) is 5.14. The zero-order valence-corrected chi connectivity index (χ0v) is 9.75. The SMILES string of the molecule is O=Cc1ccc(Oc2ccc(F)c(F)c2)cc1Cl. The van der Waals surface area contributed by atoms with Gasteiger partial charge in [0.25, 0.3) is 0 Å². The number of aldehydes is 1. The Hall–Kier alpha value is -1.94. The van der Waals surface area contributed by atoms with E-state index in [9.17, 15) is 13.6 Å². The van der Waals surface area contributed by atoms with Crippen LogP contribution in [-0.2, 0) is 0 Å². The molecule has 0 saturated heterocycles. The lowest BCUT2D eigenvalue weighted by molar-refractivity contribution is 0.112. The van der Waals surface area contributed by atoms with Gasteiger partial charge in [-0.2, -0.15) is 0 Å². The van der Waals surface area contributed by atoms with Crippen molar-refractivity contribution in [1.29, 1.82) is 0 Å². The van der Waals surface area contributed by atoms with Gasteiger partial charge in [0.1, 0.15) is 11.5 Å². The molecule has 0 heterocycles. The van der Waals surface area contributed by atoms with E-state index < -0.39 is 11.6 Å². The van der Waals surface area contributed by atoms with Gasteiger partial charge in [-0.05, 0) is 24.3 Å². The number of hydrogen-bond donors (Lipinski definition) is 0. The van der Waals surface area contributed by atoms with Crippen LogP contribution in [0.4, 0.5) is 8.78 Å². The Bertz CT molecular complexity index is 600. The van der Waals surface area contributed by atoms with E-state index in [0.717, 1.165) is 12.1 Å². The highest BCUT2D eigenvalue weighted by Gasteiger charge is 2.06. The summed E-state index contributed by atoms with van der Waals surface area (Å²) in [5.41, 5.74) is 0.328. The van der Waals surface area contributed by atoms with E-state index in [1.54, 1.807) is 0 Å². The van der Waals surface area contributed by atoms with Crippen molar-refractivity contribution in [2.45, 2.75) is 0 Å². The van der Waals surface area contributed by atoms with Gasteiger partial charge in [0.2, 0.25) is 0 Å². The topological polar surface area (TPSA) is 26.3 Å².